The van der Waals surface area contributed by atoms with Gasteiger partial charge in [-0.15, -0.1) is 0 Å². The lowest BCUT2D eigenvalue weighted by molar-refractivity contribution is 0.0835. The maximum absolute atomic E-state index is 5.72. The summed E-state index contributed by atoms with van der Waals surface area (Å²) in [4.78, 5) is 2.24. The number of piperidine rings is 1. The van der Waals surface area contributed by atoms with Crippen molar-refractivity contribution in [2.45, 2.75) is 44.9 Å². The minimum atomic E-state index is 0. The molecule has 0 aromatic heterocycles. The van der Waals surface area contributed by atoms with E-state index in [4.69, 9.17) is 5.73 Å². The fourth-order valence-electron chi connectivity index (χ4n) is 3.07. The van der Waals surface area contributed by atoms with Crippen molar-refractivity contribution in [3.05, 3.63) is 12.4 Å². The standard InChI is InChI=1S/C12H22N2.H3N.H2S/c1-11(13)14-9-7-12(8-10-14)5-3-2-4-6-12;;/h1-10,13H2;1H3;1H2. The topological polar surface area (TPSA) is 64.3 Å². The van der Waals surface area contributed by atoms with Crippen LogP contribution >= 0.6 is 13.5 Å². The average Bonchev–Trinajstić information content (AvgIpc) is 2.19. The average molecular weight is 245 g/mol. The van der Waals surface area contributed by atoms with Crippen molar-refractivity contribution in [1.82, 2.24) is 11.1 Å². The van der Waals surface area contributed by atoms with Crippen LogP contribution in [0, 0.1) is 5.41 Å². The van der Waals surface area contributed by atoms with Gasteiger partial charge in [-0.1, -0.05) is 25.8 Å². The van der Waals surface area contributed by atoms with Gasteiger partial charge in [0.15, 0.2) is 0 Å². The van der Waals surface area contributed by atoms with Crippen LogP contribution in [0.4, 0.5) is 0 Å². The van der Waals surface area contributed by atoms with Gasteiger partial charge in [0.1, 0.15) is 0 Å². The molecule has 96 valence electrons. The Kier molecular flexibility index (Phi) is 6.26. The minimum Gasteiger partial charge on any atom is -0.386 e. The zero-order valence-corrected chi connectivity index (χ0v) is 11.3. The van der Waals surface area contributed by atoms with Gasteiger partial charge in [0.05, 0.1) is 5.82 Å². The predicted octanol–water partition coefficient (Wildman–Crippen LogP) is 2.74. The van der Waals surface area contributed by atoms with Crippen LogP contribution in [0.25, 0.3) is 0 Å². The summed E-state index contributed by atoms with van der Waals surface area (Å²) in [5, 5.41) is 0. The number of rotatable bonds is 1. The van der Waals surface area contributed by atoms with Gasteiger partial charge in [-0.25, -0.2) is 0 Å². The molecule has 1 heterocycles. The first-order chi connectivity index (χ1) is 6.72. The van der Waals surface area contributed by atoms with Gasteiger partial charge in [-0.05, 0) is 31.1 Å². The summed E-state index contributed by atoms with van der Waals surface area (Å²) < 4.78 is 0. The molecule has 16 heavy (non-hydrogen) atoms. The zero-order chi connectivity index (χ0) is 10.0. The Labute approximate surface area is 106 Å². The van der Waals surface area contributed by atoms with E-state index < -0.39 is 0 Å². The molecule has 1 aliphatic heterocycles. The van der Waals surface area contributed by atoms with E-state index in [1.807, 2.05) is 0 Å². The summed E-state index contributed by atoms with van der Waals surface area (Å²) in [5.74, 6) is 0.760. The van der Waals surface area contributed by atoms with Crippen LogP contribution in [0.1, 0.15) is 44.9 Å². The Hall–Kier alpha value is -0.350. The lowest BCUT2D eigenvalue weighted by Gasteiger charge is -2.44. The Balaban J connectivity index is 0.00000112. The fraction of sp³-hybridized carbons (Fsp3) is 0.833. The molecular weight excluding hydrogens is 218 g/mol. The van der Waals surface area contributed by atoms with Crippen LogP contribution in [0.15, 0.2) is 12.4 Å². The summed E-state index contributed by atoms with van der Waals surface area (Å²) >= 11 is 0. The Morgan fingerprint density at radius 3 is 1.94 bits per heavy atom. The van der Waals surface area contributed by atoms with Crippen molar-refractivity contribution < 1.29 is 0 Å². The zero-order valence-electron chi connectivity index (χ0n) is 10.3. The smallest absolute Gasteiger partial charge is 0.0912 e. The van der Waals surface area contributed by atoms with Gasteiger partial charge >= 0.3 is 0 Å². The molecule has 2 rings (SSSR count). The molecule has 1 saturated heterocycles. The number of nitrogens with zero attached hydrogens (tertiary/aromatic N) is 1. The van der Waals surface area contributed by atoms with Crippen LogP contribution in [0.2, 0.25) is 0 Å². The molecule has 0 unspecified atom stereocenters. The summed E-state index contributed by atoms with van der Waals surface area (Å²) in [6, 6.07) is 0. The first-order valence-corrected chi connectivity index (χ1v) is 5.91. The second-order valence-electron chi connectivity index (χ2n) is 5.04. The molecule has 2 fully saturated rings. The largest absolute Gasteiger partial charge is 0.386 e. The van der Waals surface area contributed by atoms with E-state index in [1.165, 1.54) is 44.9 Å². The highest BCUT2D eigenvalue weighted by Crippen LogP contribution is 2.44. The van der Waals surface area contributed by atoms with Crippen LogP contribution in [-0.4, -0.2) is 18.0 Å². The molecule has 0 aromatic carbocycles. The summed E-state index contributed by atoms with van der Waals surface area (Å²) in [6.45, 7) is 6.08. The number of hydrogen-bond donors (Lipinski definition) is 2. The highest BCUT2D eigenvalue weighted by molar-refractivity contribution is 7.59. The molecule has 5 N–H and O–H groups in total. The second-order valence-corrected chi connectivity index (χ2v) is 5.04. The van der Waals surface area contributed by atoms with E-state index >= 15 is 0 Å². The molecule has 0 amide bonds. The maximum atomic E-state index is 5.72. The minimum absolute atomic E-state index is 0. The second kappa shape index (κ2) is 6.40. The number of likely N-dealkylation sites (tertiary alicyclic amines) is 1. The van der Waals surface area contributed by atoms with Gasteiger partial charge in [-0.3, -0.25) is 0 Å². The molecule has 1 spiro atoms. The van der Waals surface area contributed by atoms with Crippen molar-refractivity contribution in [3.8, 4) is 0 Å². The molecule has 0 bridgehead atoms. The molecule has 2 aliphatic rings. The van der Waals surface area contributed by atoms with E-state index in [1.54, 1.807) is 0 Å². The van der Waals surface area contributed by atoms with Crippen molar-refractivity contribution in [3.63, 3.8) is 0 Å². The highest BCUT2D eigenvalue weighted by atomic mass is 32.1. The van der Waals surface area contributed by atoms with Crippen molar-refractivity contribution in [2.24, 2.45) is 11.1 Å². The molecule has 4 heteroatoms. The van der Waals surface area contributed by atoms with Gasteiger partial charge in [-0.2, -0.15) is 13.5 Å². The van der Waals surface area contributed by atoms with Gasteiger partial charge in [0.25, 0.3) is 0 Å². The third-order valence-electron chi connectivity index (χ3n) is 4.14. The van der Waals surface area contributed by atoms with Crippen LogP contribution in [0.5, 0.6) is 0 Å². The first kappa shape index (κ1) is 15.7. The van der Waals surface area contributed by atoms with Crippen LogP contribution < -0.4 is 11.9 Å². The molecule has 1 aliphatic carbocycles. The molecule has 1 saturated carbocycles. The van der Waals surface area contributed by atoms with Crippen molar-refractivity contribution in [1.29, 1.82) is 0 Å². The lowest BCUT2D eigenvalue weighted by Crippen LogP contribution is -2.41. The summed E-state index contributed by atoms with van der Waals surface area (Å²) in [7, 11) is 0. The molecule has 0 atom stereocenters. The van der Waals surface area contributed by atoms with Gasteiger partial charge in [0.2, 0.25) is 0 Å². The van der Waals surface area contributed by atoms with E-state index in [0.717, 1.165) is 18.9 Å². The lowest BCUT2D eigenvalue weighted by atomic mass is 9.68. The quantitative estimate of drug-likeness (QED) is 0.746. The Morgan fingerprint density at radius 1 is 1.00 bits per heavy atom. The van der Waals surface area contributed by atoms with E-state index in [0.29, 0.717) is 5.41 Å². The Morgan fingerprint density at radius 2 is 1.50 bits per heavy atom. The molecule has 0 aromatic rings. The normalized spacial score (nSPS) is 23.1. The van der Waals surface area contributed by atoms with Crippen LogP contribution in [0.3, 0.4) is 0 Å². The first-order valence-electron chi connectivity index (χ1n) is 5.91. The number of hydrogen-bond acceptors (Lipinski definition) is 3. The predicted molar refractivity (Wildman–Crippen MR) is 75.1 cm³/mol. The van der Waals surface area contributed by atoms with Gasteiger partial charge < -0.3 is 16.8 Å². The van der Waals surface area contributed by atoms with Crippen LogP contribution in [-0.2, 0) is 0 Å². The molecule has 0 radical (unpaired) electrons. The monoisotopic (exact) mass is 245 g/mol. The summed E-state index contributed by atoms with van der Waals surface area (Å²) in [5.41, 5.74) is 6.40. The van der Waals surface area contributed by atoms with E-state index in [2.05, 4.69) is 11.5 Å². The Bertz CT molecular complexity index is 214. The third-order valence-corrected chi connectivity index (χ3v) is 4.14. The van der Waals surface area contributed by atoms with Crippen molar-refractivity contribution in [2.75, 3.05) is 13.1 Å². The third kappa shape index (κ3) is 3.32. The molecule has 3 nitrogen and oxygen atoms in total. The molecular formula is C12H27N3S. The van der Waals surface area contributed by atoms with E-state index in [9.17, 15) is 0 Å². The van der Waals surface area contributed by atoms with Crippen molar-refractivity contribution >= 4 is 13.5 Å². The summed E-state index contributed by atoms with van der Waals surface area (Å²) in [6.07, 6.45) is 9.93. The highest BCUT2D eigenvalue weighted by Gasteiger charge is 2.35. The number of nitrogens with two attached hydrogens (primary N) is 1. The van der Waals surface area contributed by atoms with Gasteiger partial charge in [0, 0.05) is 13.1 Å². The van der Waals surface area contributed by atoms with E-state index in [-0.39, 0.29) is 19.6 Å². The SMILES string of the molecule is C=C(N)N1CCC2(CCCCC2)CC1.N.S. The fourth-order valence-corrected chi connectivity index (χ4v) is 3.07. The maximum Gasteiger partial charge on any atom is 0.0912 e.